The van der Waals surface area contributed by atoms with Crippen LogP contribution in [0.15, 0.2) is 42.2 Å². The molecule has 0 spiro atoms. The lowest BCUT2D eigenvalue weighted by Crippen LogP contribution is -2.43. The first-order valence-electron chi connectivity index (χ1n) is 10.4. The van der Waals surface area contributed by atoms with Crippen molar-refractivity contribution in [2.45, 2.75) is 38.9 Å². The number of halogens is 1. The van der Waals surface area contributed by atoms with Gasteiger partial charge in [-0.15, -0.1) is 0 Å². The SMILES string of the molecule is Cc1cc(C)c(C2=C(O)[C@@H]3[C@@H]4O[C@@H]([C@@H](C(=O)O)[C@H]4c4ccc(F)cc4)[C@@H]3C2=O)c(C)c1. The normalized spacial score (nSPS) is 31.4. The number of hydrogen-bond donors (Lipinski definition) is 2. The summed E-state index contributed by atoms with van der Waals surface area (Å²) < 4.78 is 19.5. The van der Waals surface area contributed by atoms with Crippen molar-refractivity contribution in [3.8, 4) is 0 Å². The number of carbonyl (C=O) groups is 2. The quantitative estimate of drug-likeness (QED) is 0.778. The van der Waals surface area contributed by atoms with Crippen LogP contribution < -0.4 is 0 Å². The number of ether oxygens (including phenoxy) is 1. The van der Waals surface area contributed by atoms with Crippen molar-refractivity contribution < 1.29 is 28.9 Å². The van der Waals surface area contributed by atoms with E-state index < -0.39 is 47.7 Å². The number of carboxylic acids is 1. The number of carboxylic acid groups (broad SMARTS) is 1. The van der Waals surface area contributed by atoms with E-state index in [-0.39, 0.29) is 17.1 Å². The predicted molar refractivity (Wildman–Crippen MR) is 111 cm³/mol. The molecule has 3 aliphatic rings. The second kappa shape index (κ2) is 6.76. The molecule has 2 N–H and O–H groups in total. The Hall–Kier alpha value is -2.99. The maximum Gasteiger partial charge on any atom is 0.309 e. The fourth-order valence-electron chi connectivity index (χ4n) is 6.08. The predicted octanol–water partition coefficient (Wildman–Crippen LogP) is 4.10. The second-order valence-corrected chi connectivity index (χ2v) is 8.96. The van der Waals surface area contributed by atoms with Crippen molar-refractivity contribution >= 4 is 17.3 Å². The molecular weight excluding hydrogens is 399 g/mol. The third kappa shape index (κ3) is 2.71. The lowest BCUT2D eigenvalue weighted by Gasteiger charge is -2.32. The first-order chi connectivity index (χ1) is 14.7. The standard InChI is InChI=1S/C25H23FO5/c1-10-8-11(2)15(12(3)9-10)17-21(27)18-19(22(17)28)24-20(25(29)30)16(23(18)31-24)13-4-6-14(26)7-5-13/h4-9,16,18-20,23-24,27H,1-3H3,(H,29,30)/t16-,18-,19+,20+,23-,24-/m1/s1. The van der Waals surface area contributed by atoms with Gasteiger partial charge in [-0.3, -0.25) is 9.59 Å². The summed E-state index contributed by atoms with van der Waals surface area (Å²) in [6.45, 7) is 5.79. The molecule has 0 aromatic heterocycles. The molecule has 0 amide bonds. The number of benzene rings is 2. The van der Waals surface area contributed by atoms with Gasteiger partial charge in [-0.2, -0.15) is 0 Å². The Morgan fingerprint density at radius 3 is 2.16 bits per heavy atom. The Morgan fingerprint density at radius 2 is 1.58 bits per heavy atom. The van der Waals surface area contributed by atoms with Crippen LogP contribution in [-0.4, -0.2) is 34.2 Å². The number of aryl methyl sites for hydroxylation is 3. The van der Waals surface area contributed by atoms with Gasteiger partial charge in [0.05, 0.1) is 35.5 Å². The maximum atomic E-state index is 13.5. The van der Waals surface area contributed by atoms with Crippen LogP contribution in [0.4, 0.5) is 4.39 Å². The highest BCUT2D eigenvalue weighted by atomic mass is 19.1. The van der Waals surface area contributed by atoms with Gasteiger partial charge >= 0.3 is 5.97 Å². The van der Waals surface area contributed by atoms with Crippen molar-refractivity contribution in [3.63, 3.8) is 0 Å². The average molecular weight is 422 g/mol. The van der Waals surface area contributed by atoms with E-state index in [2.05, 4.69) is 0 Å². The Labute approximate surface area is 179 Å². The fourth-order valence-corrected chi connectivity index (χ4v) is 6.08. The number of ketones is 1. The van der Waals surface area contributed by atoms with Gasteiger partial charge in [0.25, 0.3) is 0 Å². The van der Waals surface area contributed by atoms with Crippen molar-refractivity contribution in [1.82, 2.24) is 0 Å². The topological polar surface area (TPSA) is 83.8 Å². The Bertz CT molecular complexity index is 1130. The first kappa shape index (κ1) is 19.9. The van der Waals surface area contributed by atoms with Gasteiger partial charge < -0.3 is 14.9 Å². The number of hydrogen-bond acceptors (Lipinski definition) is 4. The van der Waals surface area contributed by atoms with Crippen molar-refractivity contribution in [3.05, 3.63) is 75.8 Å². The molecular formula is C25H23FO5. The highest BCUT2D eigenvalue weighted by molar-refractivity contribution is 6.26. The summed E-state index contributed by atoms with van der Waals surface area (Å²) in [4.78, 5) is 25.7. The van der Waals surface area contributed by atoms with Gasteiger partial charge in [0.2, 0.25) is 0 Å². The molecule has 5 nitrogen and oxygen atoms in total. The number of fused-ring (bicyclic) bond motifs is 5. The van der Waals surface area contributed by atoms with Crippen molar-refractivity contribution in [1.29, 1.82) is 0 Å². The molecule has 2 aromatic rings. The van der Waals surface area contributed by atoms with Gasteiger partial charge in [0.15, 0.2) is 5.78 Å². The number of aliphatic carboxylic acids is 1. The molecule has 2 fully saturated rings. The zero-order valence-corrected chi connectivity index (χ0v) is 17.4. The van der Waals surface area contributed by atoms with Gasteiger partial charge in [-0.25, -0.2) is 4.39 Å². The molecule has 2 aliphatic heterocycles. The van der Waals surface area contributed by atoms with Gasteiger partial charge in [0, 0.05) is 5.92 Å². The van der Waals surface area contributed by atoms with E-state index in [1.54, 1.807) is 12.1 Å². The maximum absolute atomic E-state index is 13.5. The highest BCUT2D eigenvalue weighted by Gasteiger charge is 2.68. The monoisotopic (exact) mass is 422 g/mol. The second-order valence-electron chi connectivity index (χ2n) is 8.96. The number of allylic oxidation sites excluding steroid dienone is 1. The third-order valence-electron chi connectivity index (χ3n) is 7.09. The van der Waals surface area contributed by atoms with Crippen LogP contribution in [0.2, 0.25) is 0 Å². The summed E-state index contributed by atoms with van der Waals surface area (Å²) >= 11 is 0. The van der Waals surface area contributed by atoms with Crippen LogP contribution in [-0.2, 0) is 14.3 Å². The van der Waals surface area contributed by atoms with Crippen molar-refractivity contribution in [2.75, 3.05) is 0 Å². The van der Waals surface area contributed by atoms with Crippen LogP contribution in [0.3, 0.4) is 0 Å². The van der Waals surface area contributed by atoms with Gasteiger partial charge in [-0.05, 0) is 55.2 Å². The molecule has 0 radical (unpaired) electrons. The third-order valence-corrected chi connectivity index (χ3v) is 7.09. The van der Waals surface area contributed by atoms with E-state index in [9.17, 15) is 24.2 Å². The molecule has 2 saturated heterocycles. The van der Waals surface area contributed by atoms with E-state index in [1.807, 2.05) is 32.9 Å². The minimum atomic E-state index is -1.05. The summed E-state index contributed by atoms with van der Waals surface area (Å²) in [5.41, 5.74) is 4.49. The molecule has 6 heteroatoms. The first-order valence-corrected chi connectivity index (χ1v) is 10.4. The van der Waals surface area contributed by atoms with E-state index >= 15 is 0 Å². The van der Waals surface area contributed by atoms with Crippen LogP contribution in [0.1, 0.15) is 33.7 Å². The summed E-state index contributed by atoms with van der Waals surface area (Å²) in [5.74, 6) is -4.57. The number of rotatable bonds is 3. The smallest absolute Gasteiger partial charge is 0.309 e. The molecule has 6 atom stereocenters. The van der Waals surface area contributed by atoms with Crippen molar-refractivity contribution in [2.24, 2.45) is 17.8 Å². The van der Waals surface area contributed by atoms with E-state index in [4.69, 9.17) is 4.74 Å². The number of aliphatic hydroxyl groups excluding tert-OH is 1. The van der Waals surface area contributed by atoms with E-state index in [0.717, 1.165) is 16.7 Å². The zero-order chi connectivity index (χ0) is 22.2. The molecule has 5 rings (SSSR count). The number of carbonyl (C=O) groups excluding carboxylic acids is 1. The minimum absolute atomic E-state index is 0.0199. The molecule has 0 saturated carbocycles. The van der Waals surface area contributed by atoms with E-state index in [1.165, 1.54) is 12.1 Å². The Kier molecular flexibility index (Phi) is 4.35. The Morgan fingerprint density at radius 1 is 0.968 bits per heavy atom. The largest absolute Gasteiger partial charge is 0.511 e. The van der Waals surface area contributed by atoms with Gasteiger partial charge in [0.1, 0.15) is 11.6 Å². The molecule has 0 unspecified atom stereocenters. The summed E-state index contributed by atoms with van der Waals surface area (Å²) in [5, 5.41) is 21.2. The lowest BCUT2D eigenvalue weighted by atomic mass is 9.66. The molecule has 1 aliphatic carbocycles. The summed E-state index contributed by atoms with van der Waals surface area (Å²) in [6, 6.07) is 9.63. The number of aliphatic hydroxyl groups is 1. The van der Waals surface area contributed by atoms with E-state index in [0.29, 0.717) is 11.1 Å². The molecule has 2 bridgehead atoms. The highest BCUT2D eigenvalue weighted by Crippen LogP contribution is 2.60. The molecule has 2 heterocycles. The molecule has 31 heavy (non-hydrogen) atoms. The summed E-state index contributed by atoms with van der Waals surface area (Å²) in [7, 11) is 0. The van der Waals surface area contributed by atoms with Crippen LogP contribution in [0, 0.1) is 44.3 Å². The molecule has 2 aromatic carbocycles. The zero-order valence-electron chi connectivity index (χ0n) is 17.4. The van der Waals surface area contributed by atoms with Crippen LogP contribution in [0.25, 0.3) is 5.57 Å². The summed E-state index contributed by atoms with van der Waals surface area (Å²) in [6.07, 6.45) is -1.49. The molecule has 160 valence electrons. The lowest BCUT2D eigenvalue weighted by molar-refractivity contribution is -0.145. The average Bonchev–Trinajstić information content (AvgIpc) is 3.33. The van der Waals surface area contributed by atoms with Crippen LogP contribution in [0.5, 0.6) is 0 Å². The fraction of sp³-hybridized carbons (Fsp3) is 0.360. The number of Topliss-reactive ketones (excluding diaryl/α,β-unsaturated/α-hetero) is 1. The Balaban J connectivity index is 1.63. The van der Waals surface area contributed by atoms with Gasteiger partial charge in [-0.1, -0.05) is 29.8 Å². The minimum Gasteiger partial charge on any atom is -0.511 e. The van der Waals surface area contributed by atoms with Crippen LogP contribution >= 0.6 is 0 Å².